The van der Waals surface area contributed by atoms with Gasteiger partial charge in [0.25, 0.3) is 0 Å². The minimum Gasteiger partial charge on any atom is -0.388 e. The topological polar surface area (TPSA) is 20.2 Å². The van der Waals surface area contributed by atoms with Crippen LogP contribution in [0.25, 0.3) is 0 Å². The molecule has 2 unspecified atom stereocenters. The fraction of sp³-hybridized carbons (Fsp3) is 0.600. The van der Waals surface area contributed by atoms with Crippen LogP contribution in [0.3, 0.4) is 0 Å². The Morgan fingerprint density at radius 1 is 1.00 bits per heavy atom. The number of hydrogen-bond acceptors (Lipinski definition) is 1. The van der Waals surface area contributed by atoms with E-state index in [1.165, 1.54) is 0 Å². The molecule has 1 N–H and O–H groups in total. The first-order chi connectivity index (χ1) is 7.52. The van der Waals surface area contributed by atoms with Crippen LogP contribution < -0.4 is 0 Å². The Labute approximate surface area is 99.5 Å². The average molecular weight is 220 g/mol. The lowest BCUT2D eigenvalue weighted by atomic mass is 9.81. The van der Waals surface area contributed by atoms with Gasteiger partial charge in [-0.3, -0.25) is 0 Å². The van der Waals surface area contributed by atoms with Crippen molar-refractivity contribution in [1.29, 1.82) is 0 Å². The molecule has 0 aromatic heterocycles. The first kappa shape index (κ1) is 13.2. The molecule has 2 atom stereocenters. The molecule has 90 valence electrons. The minimum absolute atomic E-state index is 0.330. The van der Waals surface area contributed by atoms with Crippen molar-refractivity contribution in [2.75, 3.05) is 0 Å². The summed E-state index contributed by atoms with van der Waals surface area (Å²) in [5.74, 6) is 1.49. The number of rotatable bonds is 5. The lowest BCUT2D eigenvalue weighted by Crippen LogP contribution is -2.20. The number of hydrogen-bond donors (Lipinski definition) is 1. The van der Waals surface area contributed by atoms with Crippen molar-refractivity contribution in [2.45, 2.75) is 40.2 Å². The summed E-state index contributed by atoms with van der Waals surface area (Å²) in [4.78, 5) is 0. The molecule has 1 aromatic carbocycles. The molecule has 0 radical (unpaired) electrons. The molecule has 0 fully saturated rings. The molecule has 0 saturated carbocycles. The van der Waals surface area contributed by atoms with Crippen LogP contribution >= 0.6 is 0 Å². The molecule has 0 heterocycles. The van der Waals surface area contributed by atoms with Gasteiger partial charge in [-0.2, -0.15) is 0 Å². The maximum Gasteiger partial charge on any atom is 0.0820 e. The molecule has 1 aromatic rings. The van der Waals surface area contributed by atoms with Crippen LogP contribution in [0.4, 0.5) is 0 Å². The molecular formula is C15H24O. The highest BCUT2D eigenvalue weighted by atomic mass is 16.3. The van der Waals surface area contributed by atoms with Gasteiger partial charge in [-0.25, -0.2) is 0 Å². The molecule has 0 aliphatic carbocycles. The zero-order chi connectivity index (χ0) is 12.1. The summed E-state index contributed by atoms with van der Waals surface area (Å²) in [5, 5.41) is 10.4. The first-order valence-corrected chi connectivity index (χ1v) is 6.25. The van der Waals surface area contributed by atoms with Crippen LogP contribution in [0.1, 0.15) is 45.8 Å². The zero-order valence-electron chi connectivity index (χ0n) is 10.9. The number of aliphatic hydroxyl groups excluding tert-OH is 1. The van der Waals surface area contributed by atoms with Gasteiger partial charge in [-0.1, -0.05) is 58.0 Å². The Morgan fingerprint density at radius 2 is 1.56 bits per heavy atom. The largest absolute Gasteiger partial charge is 0.388 e. The van der Waals surface area contributed by atoms with E-state index in [-0.39, 0.29) is 6.10 Å². The van der Waals surface area contributed by atoms with Crippen molar-refractivity contribution in [3.05, 3.63) is 35.9 Å². The second-order valence-electron chi connectivity index (χ2n) is 5.39. The van der Waals surface area contributed by atoms with Crippen LogP contribution in [0, 0.1) is 17.8 Å². The molecule has 0 spiro atoms. The molecule has 1 heteroatoms. The smallest absolute Gasteiger partial charge is 0.0820 e. The van der Waals surface area contributed by atoms with E-state index in [2.05, 4.69) is 27.7 Å². The van der Waals surface area contributed by atoms with Gasteiger partial charge < -0.3 is 5.11 Å². The average Bonchev–Trinajstić information content (AvgIpc) is 2.25. The maximum absolute atomic E-state index is 10.4. The van der Waals surface area contributed by atoms with Gasteiger partial charge in [0.1, 0.15) is 0 Å². The molecule has 0 aliphatic heterocycles. The van der Waals surface area contributed by atoms with Crippen molar-refractivity contribution in [2.24, 2.45) is 17.8 Å². The van der Waals surface area contributed by atoms with Crippen molar-refractivity contribution in [3.63, 3.8) is 0 Å². The lowest BCUT2D eigenvalue weighted by molar-refractivity contribution is 0.0676. The van der Waals surface area contributed by atoms with Gasteiger partial charge in [0.15, 0.2) is 0 Å². The maximum atomic E-state index is 10.4. The molecule has 1 rings (SSSR count). The third kappa shape index (κ3) is 3.64. The Bertz CT molecular complexity index is 290. The minimum atomic E-state index is -0.330. The first-order valence-electron chi connectivity index (χ1n) is 6.25. The summed E-state index contributed by atoms with van der Waals surface area (Å²) < 4.78 is 0. The van der Waals surface area contributed by atoms with Gasteiger partial charge in [0.05, 0.1) is 6.10 Å². The summed E-state index contributed by atoms with van der Waals surface area (Å²) in [6.07, 6.45) is 0.747. The fourth-order valence-electron chi connectivity index (χ4n) is 2.21. The van der Waals surface area contributed by atoms with Gasteiger partial charge in [-0.15, -0.1) is 0 Å². The van der Waals surface area contributed by atoms with Gasteiger partial charge in [0, 0.05) is 0 Å². The Hall–Kier alpha value is -0.820. The lowest BCUT2D eigenvalue weighted by Gasteiger charge is -2.28. The van der Waals surface area contributed by atoms with Crippen molar-refractivity contribution in [1.82, 2.24) is 0 Å². The summed E-state index contributed by atoms with van der Waals surface area (Å²) in [6, 6.07) is 10.0. The summed E-state index contributed by atoms with van der Waals surface area (Å²) in [6.45, 7) is 8.82. The third-order valence-electron chi connectivity index (χ3n) is 3.15. The van der Waals surface area contributed by atoms with Crippen LogP contribution in [0.15, 0.2) is 30.3 Å². The monoisotopic (exact) mass is 220 g/mol. The number of aliphatic hydroxyl groups is 1. The van der Waals surface area contributed by atoms with E-state index in [0.717, 1.165) is 12.0 Å². The zero-order valence-corrected chi connectivity index (χ0v) is 10.9. The van der Waals surface area contributed by atoms with Crippen LogP contribution in [-0.4, -0.2) is 5.11 Å². The van der Waals surface area contributed by atoms with E-state index in [1.807, 2.05) is 30.3 Å². The Morgan fingerprint density at radius 3 is 2.00 bits per heavy atom. The van der Waals surface area contributed by atoms with Gasteiger partial charge >= 0.3 is 0 Å². The van der Waals surface area contributed by atoms with Crippen LogP contribution in [0.5, 0.6) is 0 Å². The molecule has 0 saturated heterocycles. The highest BCUT2D eigenvalue weighted by Gasteiger charge is 2.24. The third-order valence-corrected chi connectivity index (χ3v) is 3.15. The standard InChI is InChI=1S/C15H24O/c1-11(2)10-14(12(3)4)15(16)13-8-6-5-7-9-13/h5-9,11-12,14-16H,10H2,1-4H3. The van der Waals surface area contributed by atoms with Crippen molar-refractivity contribution in [3.8, 4) is 0 Å². The van der Waals surface area contributed by atoms with Crippen LogP contribution in [-0.2, 0) is 0 Å². The molecular weight excluding hydrogens is 196 g/mol. The molecule has 16 heavy (non-hydrogen) atoms. The SMILES string of the molecule is CC(C)CC(C(C)C)C(O)c1ccccc1. The van der Waals surface area contributed by atoms with Crippen molar-refractivity contribution >= 4 is 0 Å². The normalized spacial score (nSPS) is 15.4. The summed E-state index contributed by atoms with van der Waals surface area (Å²) in [5.41, 5.74) is 1.04. The number of benzene rings is 1. The predicted octanol–water partition coefficient (Wildman–Crippen LogP) is 4.04. The van der Waals surface area contributed by atoms with Crippen molar-refractivity contribution < 1.29 is 5.11 Å². The molecule has 0 bridgehead atoms. The Balaban J connectivity index is 2.79. The van der Waals surface area contributed by atoms with E-state index in [1.54, 1.807) is 0 Å². The van der Waals surface area contributed by atoms with E-state index < -0.39 is 0 Å². The van der Waals surface area contributed by atoms with E-state index in [4.69, 9.17) is 0 Å². The summed E-state index contributed by atoms with van der Waals surface area (Å²) in [7, 11) is 0. The van der Waals surface area contributed by atoms with Gasteiger partial charge in [0.2, 0.25) is 0 Å². The van der Waals surface area contributed by atoms with E-state index in [9.17, 15) is 5.11 Å². The molecule has 0 amide bonds. The molecule has 0 aliphatic rings. The Kier molecular flexibility index (Phi) is 5.01. The summed E-state index contributed by atoms with van der Waals surface area (Å²) >= 11 is 0. The van der Waals surface area contributed by atoms with Gasteiger partial charge in [-0.05, 0) is 29.7 Å². The second kappa shape index (κ2) is 6.05. The highest BCUT2D eigenvalue weighted by molar-refractivity contribution is 5.18. The molecule has 1 nitrogen and oxygen atoms in total. The van der Waals surface area contributed by atoms with E-state index in [0.29, 0.717) is 17.8 Å². The second-order valence-corrected chi connectivity index (χ2v) is 5.39. The van der Waals surface area contributed by atoms with E-state index >= 15 is 0 Å². The highest BCUT2D eigenvalue weighted by Crippen LogP contribution is 2.32. The fourth-order valence-corrected chi connectivity index (χ4v) is 2.21. The quantitative estimate of drug-likeness (QED) is 0.794. The predicted molar refractivity (Wildman–Crippen MR) is 69.2 cm³/mol. The van der Waals surface area contributed by atoms with Crippen LogP contribution in [0.2, 0.25) is 0 Å².